The first-order chi connectivity index (χ1) is 27.2. The van der Waals surface area contributed by atoms with Crippen LogP contribution in [-0.2, 0) is 35.3 Å². The summed E-state index contributed by atoms with van der Waals surface area (Å²) in [5, 5.41) is 6.36. The summed E-state index contributed by atoms with van der Waals surface area (Å²) in [6, 6.07) is 12.3. The van der Waals surface area contributed by atoms with Crippen molar-refractivity contribution < 1.29 is 27.2 Å². The van der Waals surface area contributed by atoms with Crippen LogP contribution < -0.4 is 10.6 Å². The number of aryl methyl sites for hydroxylation is 4. The minimum absolute atomic E-state index is 0.185. The first kappa shape index (κ1) is 40.3. The number of nitrogens with one attached hydrogen (secondary N) is 4. The van der Waals surface area contributed by atoms with Crippen molar-refractivity contribution in [2.45, 2.75) is 143 Å². The molecular weight excluding hydrogens is 745 g/mol. The highest BCUT2D eigenvalue weighted by Crippen LogP contribution is 2.43. The molecule has 0 bridgehead atoms. The predicted octanol–water partition coefficient (Wildman–Crippen LogP) is 10.4. The summed E-state index contributed by atoms with van der Waals surface area (Å²) in [7, 11) is 0. The van der Waals surface area contributed by atoms with E-state index in [-0.39, 0.29) is 74.0 Å². The average Bonchev–Trinajstić information content (AvgIpc) is 3.79. The summed E-state index contributed by atoms with van der Waals surface area (Å²) >= 11 is 0. The van der Waals surface area contributed by atoms with E-state index in [9.17, 15) is 27.2 Å². The average molecular weight is 801 g/mol. The van der Waals surface area contributed by atoms with Crippen LogP contribution in [0.25, 0.3) is 33.6 Å². The summed E-state index contributed by atoms with van der Waals surface area (Å²) in [4.78, 5) is 43.8. The normalized spacial score (nSPS) is 20.2. The van der Waals surface area contributed by atoms with Crippen molar-refractivity contribution in [3.8, 4) is 33.6 Å². The van der Waals surface area contributed by atoms with Crippen molar-refractivity contribution in [2.75, 3.05) is 0 Å². The number of hydrogen-bond acceptors (Lipinski definition) is 4. The van der Waals surface area contributed by atoms with Gasteiger partial charge in [0.1, 0.15) is 11.6 Å². The lowest BCUT2D eigenvalue weighted by Crippen LogP contribution is -2.42. The zero-order valence-corrected chi connectivity index (χ0v) is 34.5. The van der Waals surface area contributed by atoms with Gasteiger partial charge < -0.3 is 20.6 Å². The van der Waals surface area contributed by atoms with Crippen molar-refractivity contribution >= 4 is 11.8 Å². The summed E-state index contributed by atoms with van der Waals surface area (Å²) in [6.07, 6.45) is 2.89. The quantitative estimate of drug-likeness (QED) is 0.139. The Labute approximate surface area is 338 Å². The number of H-pyrrole nitrogens is 2. The number of aromatic amines is 2. The van der Waals surface area contributed by atoms with Crippen molar-refractivity contribution in [3.05, 3.63) is 70.6 Å². The third-order valence-electron chi connectivity index (χ3n) is 13.0. The fourth-order valence-corrected chi connectivity index (χ4v) is 9.41. The van der Waals surface area contributed by atoms with Gasteiger partial charge in [-0.25, -0.2) is 27.5 Å². The van der Waals surface area contributed by atoms with Gasteiger partial charge in [0.25, 0.3) is 0 Å². The van der Waals surface area contributed by atoms with Crippen molar-refractivity contribution in [1.82, 2.24) is 30.6 Å². The number of carbonyl (C=O) groups is 2. The van der Waals surface area contributed by atoms with Gasteiger partial charge in [-0.2, -0.15) is 0 Å². The molecule has 310 valence electrons. The maximum absolute atomic E-state index is 13.8. The number of carbonyl (C=O) groups excluding carboxylic acids is 2. The molecule has 2 aromatic carbocycles. The second-order valence-electron chi connectivity index (χ2n) is 19.5. The van der Waals surface area contributed by atoms with Gasteiger partial charge in [0.05, 0.1) is 34.9 Å². The molecule has 2 amide bonds. The van der Waals surface area contributed by atoms with Gasteiger partial charge in [-0.3, -0.25) is 9.59 Å². The lowest BCUT2D eigenvalue weighted by Gasteiger charge is -2.33. The van der Waals surface area contributed by atoms with Crippen molar-refractivity contribution in [3.63, 3.8) is 0 Å². The van der Waals surface area contributed by atoms with Gasteiger partial charge in [-0.15, -0.1) is 0 Å². The number of fused-ring (bicyclic) bond motifs is 6. The van der Waals surface area contributed by atoms with Crippen LogP contribution >= 0.6 is 0 Å². The second kappa shape index (κ2) is 14.7. The number of hydrogen-bond donors (Lipinski definition) is 4. The highest BCUT2D eigenvalue weighted by molar-refractivity contribution is 5.81. The molecule has 0 saturated heterocycles. The van der Waals surface area contributed by atoms with Gasteiger partial charge >= 0.3 is 0 Å². The molecule has 0 unspecified atom stereocenters. The summed E-state index contributed by atoms with van der Waals surface area (Å²) < 4.78 is 55.3. The van der Waals surface area contributed by atoms with Gasteiger partial charge in [0.2, 0.25) is 23.7 Å². The van der Waals surface area contributed by atoms with Gasteiger partial charge in [-0.1, -0.05) is 77.9 Å². The molecule has 4 aliphatic rings. The monoisotopic (exact) mass is 800 g/mol. The lowest BCUT2D eigenvalue weighted by atomic mass is 9.83. The first-order valence-corrected chi connectivity index (χ1v) is 21.1. The molecule has 4 aromatic rings. The summed E-state index contributed by atoms with van der Waals surface area (Å²) in [5.41, 5.74) is 9.97. The third-order valence-corrected chi connectivity index (χ3v) is 13.0. The third kappa shape index (κ3) is 8.09. The Balaban J connectivity index is 1.00. The van der Waals surface area contributed by atoms with E-state index in [2.05, 4.69) is 98.5 Å². The molecule has 2 atom stereocenters. The Kier molecular flexibility index (Phi) is 10.2. The minimum Gasteiger partial charge on any atom is -0.345 e. The van der Waals surface area contributed by atoms with Crippen LogP contribution in [0, 0.1) is 22.7 Å². The molecule has 8 rings (SSSR count). The van der Waals surface area contributed by atoms with E-state index in [1.807, 2.05) is 0 Å². The molecule has 0 radical (unpaired) electrons. The van der Waals surface area contributed by atoms with E-state index < -0.39 is 35.8 Å². The number of halogens is 4. The Morgan fingerprint density at radius 1 is 0.621 bits per heavy atom. The van der Waals surface area contributed by atoms with Crippen LogP contribution in [0.3, 0.4) is 0 Å². The number of nitrogens with zero attached hydrogens (tertiary/aromatic N) is 2. The molecule has 4 N–H and O–H groups in total. The molecule has 2 fully saturated rings. The van der Waals surface area contributed by atoms with E-state index in [0.29, 0.717) is 11.6 Å². The van der Waals surface area contributed by atoms with E-state index in [1.54, 1.807) is 0 Å². The predicted molar refractivity (Wildman–Crippen MR) is 216 cm³/mol. The minimum atomic E-state index is -2.69. The van der Waals surface area contributed by atoms with Crippen molar-refractivity contribution in [1.29, 1.82) is 0 Å². The molecule has 2 heterocycles. The van der Waals surface area contributed by atoms with Crippen LogP contribution in [0.4, 0.5) is 17.6 Å². The largest absolute Gasteiger partial charge is 0.345 e. The van der Waals surface area contributed by atoms with Crippen molar-refractivity contribution in [2.24, 2.45) is 22.7 Å². The number of aromatic nitrogens is 4. The molecule has 2 aromatic heterocycles. The molecule has 0 spiro atoms. The Bertz CT molecular complexity index is 2050. The number of rotatable bonds is 7. The summed E-state index contributed by atoms with van der Waals surface area (Å²) in [5.74, 6) is -5.22. The summed E-state index contributed by atoms with van der Waals surface area (Å²) in [6.45, 7) is 12.3. The Hall–Kier alpha value is -4.48. The molecule has 58 heavy (non-hydrogen) atoms. The van der Waals surface area contributed by atoms with Gasteiger partial charge in [-0.05, 0) is 84.5 Å². The number of imidazole rings is 2. The van der Waals surface area contributed by atoms with Crippen LogP contribution in [0.1, 0.15) is 139 Å². The molecule has 8 nitrogen and oxygen atoms in total. The van der Waals surface area contributed by atoms with E-state index in [0.717, 1.165) is 70.7 Å². The molecule has 4 aliphatic carbocycles. The second-order valence-corrected chi connectivity index (χ2v) is 19.5. The zero-order chi connectivity index (χ0) is 41.4. The number of amides is 2. The van der Waals surface area contributed by atoms with Crippen LogP contribution in [0.2, 0.25) is 0 Å². The Morgan fingerprint density at radius 2 is 0.983 bits per heavy atom. The first-order valence-electron chi connectivity index (χ1n) is 21.1. The number of alkyl halides is 4. The maximum atomic E-state index is 13.8. The van der Waals surface area contributed by atoms with E-state index in [4.69, 9.17) is 9.97 Å². The molecular formula is C46H56F4N6O2. The molecule has 2 saturated carbocycles. The molecule has 0 aliphatic heterocycles. The number of benzene rings is 2. The standard InChI is InChI=1S/C46H56F4N6O2/c1-43(2,3)37(55-41(57)25-15-19-45(47,48)20-16-25)39-51-33-13-9-29-23-27(7-11-31(29)35(33)53-39)28-8-12-32-30(24-28)10-14-34-36(32)54-40(52-34)38(44(4,5)6)56-42(58)26-17-21-46(49,50)22-18-26/h7-8,11-12,23-26,37-38H,9-10,13-22H2,1-6H3,(H,51,53)(H,52,54)(H,55,57)(H,56,58)/t37-,38-/m1/s1. The van der Waals surface area contributed by atoms with E-state index in [1.165, 1.54) is 11.1 Å². The Morgan fingerprint density at radius 3 is 1.33 bits per heavy atom. The highest BCUT2D eigenvalue weighted by Gasteiger charge is 2.41. The van der Waals surface area contributed by atoms with E-state index >= 15 is 0 Å². The zero-order valence-electron chi connectivity index (χ0n) is 34.5. The maximum Gasteiger partial charge on any atom is 0.248 e. The molecule has 12 heteroatoms. The van der Waals surface area contributed by atoms with Crippen LogP contribution in [-0.4, -0.2) is 43.6 Å². The smallest absolute Gasteiger partial charge is 0.248 e. The fraction of sp³-hybridized carbons (Fsp3) is 0.565. The topological polar surface area (TPSA) is 116 Å². The SMILES string of the molecule is CC(C)(C)[C@H](NC(=O)C1CCC(F)(F)CC1)c1nc2c([nH]1)-c1ccc(-c3ccc4c(c3)CCc3nc([C@@H](NC(=O)C5CCC(F)(F)CC5)C(C)(C)C)[nH]c3-4)cc1CC2. The highest BCUT2D eigenvalue weighted by atomic mass is 19.3. The lowest BCUT2D eigenvalue weighted by molar-refractivity contribution is -0.131. The van der Waals surface area contributed by atoms with Gasteiger partial charge in [0, 0.05) is 48.6 Å². The van der Waals surface area contributed by atoms with Gasteiger partial charge in [0.15, 0.2) is 0 Å². The fourth-order valence-electron chi connectivity index (χ4n) is 9.41. The van der Waals surface area contributed by atoms with Crippen LogP contribution in [0.15, 0.2) is 36.4 Å². The van der Waals surface area contributed by atoms with Crippen LogP contribution in [0.5, 0.6) is 0 Å².